The fraction of sp³-hybridized carbons (Fsp3) is 0.667. The van der Waals surface area contributed by atoms with Crippen molar-refractivity contribution in [3.05, 3.63) is 11.8 Å². The maximum atomic E-state index is 5.02. The number of nitrogens with zero attached hydrogens (tertiary/aromatic N) is 1. The summed E-state index contributed by atoms with van der Waals surface area (Å²) >= 11 is 0. The van der Waals surface area contributed by atoms with Crippen molar-refractivity contribution in [2.24, 2.45) is 10.9 Å². The Morgan fingerprint density at radius 3 is 2.55 bits per heavy atom. The van der Waals surface area contributed by atoms with Crippen LogP contribution in [0.2, 0.25) is 0 Å². The van der Waals surface area contributed by atoms with Crippen LogP contribution in [-0.2, 0) is 4.74 Å². The van der Waals surface area contributed by atoms with Crippen LogP contribution < -0.4 is 0 Å². The van der Waals surface area contributed by atoms with Gasteiger partial charge >= 0.3 is 0 Å². The maximum Gasteiger partial charge on any atom is 0.187 e. The highest BCUT2D eigenvalue weighted by Crippen LogP contribution is 2.19. The molecule has 11 heavy (non-hydrogen) atoms. The van der Waals surface area contributed by atoms with Crippen LogP contribution in [0.1, 0.15) is 26.7 Å². The first-order valence-corrected chi connectivity index (χ1v) is 4.03. The summed E-state index contributed by atoms with van der Waals surface area (Å²) in [5.74, 6) is 1.48. The van der Waals surface area contributed by atoms with E-state index in [0.717, 1.165) is 18.7 Å². The summed E-state index contributed by atoms with van der Waals surface area (Å²) in [6.07, 6.45) is 4.00. The van der Waals surface area contributed by atoms with Gasteiger partial charge in [-0.25, -0.2) is 4.99 Å². The third-order valence-electron chi connectivity index (χ3n) is 1.98. The molecule has 0 bridgehead atoms. The van der Waals surface area contributed by atoms with Crippen LogP contribution >= 0.6 is 0 Å². The van der Waals surface area contributed by atoms with Crippen molar-refractivity contribution < 1.29 is 4.74 Å². The highest BCUT2D eigenvalue weighted by atomic mass is 16.5. The molecule has 0 saturated heterocycles. The Bertz CT molecular complexity index is 192. The van der Waals surface area contributed by atoms with Gasteiger partial charge in [0.05, 0.1) is 7.11 Å². The van der Waals surface area contributed by atoms with Crippen molar-refractivity contribution >= 4 is 5.90 Å². The number of aliphatic imine (C=N–C) groups is 1. The molecule has 1 heterocycles. The van der Waals surface area contributed by atoms with E-state index in [4.69, 9.17) is 4.74 Å². The molecule has 0 unspecified atom stereocenters. The second-order valence-electron chi connectivity index (χ2n) is 3.09. The second-order valence-corrected chi connectivity index (χ2v) is 3.09. The normalized spacial score (nSPS) is 17.8. The van der Waals surface area contributed by atoms with Crippen LogP contribution in [-0.4, -0.2) is 13.0 Å². The molecule has 0 amide bonds. The number of ether oxygens (including phenoxy) is 1. The molecule has 0 fully saturated rings. The summed E-state index contributed by atoms with van der Waals surface area (Å²) in [6.45, 7) is 4.39. The molecular formula is C9H15NO. The van der Waals surface area contributed by atoms with Crippen LogP contribution in [0, 0.1) is 5.92 Å². The van der Waals surface area contributed by atoms with Gasteiger partial charge in [-0.3, -0.25) is 0 Å². The van der Waals surface area contributed by atoms with Gasteiger partial charge in [-0.15, -0.1) is 0 Å². The van der Waals surface area contributed by atoms with Crippen molar-refractivity contribution in [3.8, 4) is 0 Å². The summed E-state index contributed by atoms with van der Waals surface area (Å²) in [5.41, 5.74) is 1.42. The van der Waals surface area contributed by atoms with E-state index in [-0.39, 0.29) is 0 Å². The smallest absolute Gasteiger partial charge is 0.187 e. The summed E-state index contributed by atoms with van der Waals surface area (Å²) in [7, 11) is 1.67. The van der Waals surface area contributed by atoms with Crippen molar-refractivity contribution in [2.75, 3.05) is 7.11 Å². The van der Waals surface area contributed by atoms with Gasteiger partial charge in [0.1, 0.15) is 0 Å². The molecule has 1 aliphatic heterocycles. The Morgan fingerprint density at radius 2 is 2.18 bits per heavy atom. The summed E-state index contributed by atoms with van der Waals surface area (Å²) in [5, 5.41) is 0. The Hall–Kier alpha value is -0.790. The summed E-state index contributed by atoms with van der Waals surface area (Å²) in [4.78, 5) is 4.18. The van der Waals surface area contributed by atoms with Gasteiger partial charge in [0, 0.05) is 12.6 Å². The maximum absolute atomic E-state index is 5.02. The lowest BCUT2D eigenvalue weighted by Gasteiger charge is -2.14. The first-order valence-electron chi connectivity index (χ1n) is 4.03. The fourth-order valence-corrected chi connectivity index (χ4v) is 1.13. The van der Waals surface area contributed by atoms with Crippen molar-refractivity contribution in [1.29, 1.82) is 0 Å². The van der Waals surface area contributed by atoms with Gasteiger partial charge in [-0.05, 0) is 17.9 Å². The number of rotatable bonds is 1. The highest BCUT2D eigenvalue weighted by molar-refractivity contribution is 5.77. The molecular weight excluding hydrogens is 138 g/mol. The summed E-state index contributed by atoms with van der Waals surface area (Å²) in [6, 6.07) is 0. The van der Waals surface area contributed by atoms with E-state index in [1.54, 1.807) is 7.11 Å². The van der Waals surface area contributed by atoms with Crippen LogP contribution in [0.3, 0.4) is 0 Å². The number of methoxy groups -OCH3 is 1. The minimum atomic E-state index is 0.622. The lowest BCUT2D eigenvalue weighted by molar-refractivity contribution is 0.387. The van der Waals surface area contributed by atoms with E-state index in [0.29, 0.717) is 5.92 Å². The van der Waals surface area contributed by atoms with Crippen molar-refractivity contribution in [2.45, 2.75) is 26.7 Å². The van der Waals surface area contributed by atoms with Gasteiger partial charge in [-0.1, -0.05) is 13.8 Å². The zero-order chi connectivity index (χ0) is 8.27. The van der Waals surface area contributed by atoms with E-state index in [1.165, 1.54) is 5.57 Å². The lowest BCUT2D eigenvalue weighted by atomic mass is 9.98. The molecule has 0 aromatic carbocycles. The van der Waals surface area contributed by atoms with E-state index in [1.807, 2.05) is 6.20 Å². The zero-order valence-corrected chi connectivity index (χ0v) is 7.42. The van der Waals surface area contributed by atoms with Crippen LogP contribution in [0.25, 0.3) is 0 Å². The molecule has 0 radical (unpaired) electrons. The molecule has 0 aromatic rings. The van der Waals surface area contributed by atoms with E-state index in [2.05, 4.69) is 18.8 Å². The zero-order valence-electron chi connectivity index (χ0n) is 7.42. The third-order valence-corrected chi connectivity index (χ3v) is 1.98. The number of allylic oxidation sites excluding steroid dienone is 1. The Kier molecular flexibility index (Phi) is 2.69. The molecule has 0 spiro atoms. The van der Waals surface area contributed by atoms with Crippen LogP contribution in [0.4, 0.5) is 0 Å². The molecule has 1 aliphatic rings. The predicted octanol–water partition coefficient (Wildman–Crippen LogP) is 2.37. The van der Waals surface area contributed by atoms with E-state index >= 15 is 0 Å². The Morgan fingerprint density at radius 1 is 1.45 bits per heavy atom. The summed E-state index contributed by atoms with van der Waals surface area (Å²) < 4.78 is 5.02. The molecule has 0 saturated carbocycles. The van der Waals surface area contributed by atoms with E-state index < -0.39 is 0 Å². The molecule has 0 aromatic heterocycles. The molecule has 0 aliphatic carbocycles. The fourth-order valence-electron chi connectivity index (χ4n) is 1.13. The lowest BCUT2D eigenvalue weighted by Crippen LogP contribution is -2.07. The monoisotopic (exact) mass is 153 g/mol. The van der Waals surface area contributed by atoms with Gasteiger partial charge in [-0.2, -0.15) is 0 Å². The van der Waals surface area contributed by atoms with Crippen LogP contribution in [0.15, 0.2) is 16.8 Å². The molecule has 0 N–H and O–H groups in total. The predicted molar refractivity (Wildman–Crippen MR) is 46.6 cm³/mol. The Balaban J connectivity index is 2.61. The average molecular weight is 153 g/mol. The second kappa shape index (κ2) is 3.56. The largest absolute Gasteiger partial charge is 0.484 e. The third kappa shape index (κ3) is 2.07. The van der Waals surface area contributed by atoms with Crippen LogP contribution in [0.5, 0.6) is 0 Å². The van der Waals surface area contributed by atoms with Gasteiger partial charge in [0.15, 0.2) is 5.90 Å². The number of hydrogen-bond donors (Lipinski definition) is 0. The van der Waals surface area contributed by atoms with Gasteiger partial charge < -0.3 is 4.74 Å². The highest BCUT2D eigenvalue weighted by Gasteiger charge is 2.09. The van der Waals surface area contributed by atoms with Crippen molar-refractivity contribution in [3.63, 3.8) is 0 Å². The van der Waals surface area contributed by atoms with Gasteiger partial charge in [0.2, 0.25) is 0 Å². The number of hydrogen-bond acceptors (Lipinski definition) is 2. The minimum Gasteiger partial charge on any atom is -0.484 e. The minimum absolute atomic E-state index is 0.622. The molecule has 0 atom stereocenters. The molecule has 2 nitrogen and oxygen atoms in total. The quantitative estimate of drug-likeness (QED) is 0.566. The molecule has 1 rings (SSSR count). The molecule has 2 heteroatoms. The SMILES string of the molecule is COC1=NC=C(C(C)C)CC1. The molecule has 62 valence electrons. The topological polar surface area (TPSA) is 21.6 Å². The average Bonchev–Trinajstić information content (AvgIpc) is 2.05. The van der Waals surface area contributed by atoms with Gasteiger partial charge in [0.25, 0.3) is 0 Å². The van der Waals surface area contributed by atoms with E-state index in [9.17, 15) is 0 Å². The van der Waals surface area contributed by atoms with Crippen molar-refractivity contribution in [1.82, 2.24) is 0 Å². The first-order chi connectivity index (χ1) is 5.24. The first kappa shape index (κ1) is 8.31. The Labute approximate surface area is 68.0 Å². The standard InChI is InChI=1S/C9H15NO/c1-7(2)8-4-5-9(11-3)10-6-8/h6-7H,4-5H2,1-3H3.